The van der Waals surface area contributed by atoms with Gasteiger partial charge in [0.05, 0.1) is 11.0 Å². The number of fused-ring (bicyclic) bond motifs is 1. The molecule has 2 aliphatic heterocycles. The van der Waals surface area contributed by atoms with Gasteiger partial charge in [0.15, 0.2) is 5.78 Å². The molecule has 1 aromatic carbocycles. The summed E-state index contributed by atoms with van der Waals surface area (Å²) in [7, 11) is 0. The van der Waals surface area contributed by atoms with E-state index in [0.717, 1.165) is 32.2 Å². The molecular formula is C21H26ClF3N2O2. The number of piperidine rings is 1. The van der Waals surface area contributed by atoms with Crippen molar-refractivity contribution in [3.05, 3.63) is 35.1 Å². The number of carbonyl (C=O) groups excluding carboxylic acids is 2. The highest BCUT2D eigenvalue weighted by atomic mass is 35.5. The van der Waals surface area contributed by atoms with Gasteiger partial charge in [0.1, 0.15) is 17.5 Å². The number of likely N-dealkylation sites (tertiary alicyclic amines) is 1. The molecule has 2 atom stereocenters. The third-order valence-corrected chi connectivity index (χ3v) is 6.87. The summed E-state index contributed by atoms with van der Waals surface area (Å²) >= 11 is 0. The highest BCUT2D eigenvalue weighted by molar-refractivity contribution is 5.98. The van der Waals surface area contributed by atoms with Crippen LogP contribution in [0, 0.1) is 34.7 Å². The Bertz CT molecular complexity index is 775. The fourth-order valence-corrected chi connectivity index (χ4v) is 5.31. The zero-order chi connectivity index (χ0) is 19.9. The lowest BCUT2D eigenvalue weighted by atomic mass is 9.67. The van der Waals surface area contributed by atoms with Gasteiger partial charge in [0.2, 0.25) is 5.91 Å². The van der Waals surface area contributed by atoms with Gasteiger partial charge in [-0.25, -0.2) is 13.2 Å². The minimum Gasteiger partial charge on any atom is -0.342 e. The number of rotatable bonds is 3. The summed E-state index contributed by atoms with van der Waals surface area (Å²) < 4.78 is 41.0. The smallest absolute Gasteiger partial charge is 0.230 e. The van der Waals surface area contributed by atoms with Crippen LogP contribution in [-0.4, -0.2) is 42.8 Å². The Morgan fingerprint density at radius 2 is 1.69 bits per heavy atom. The molecule has 0 spiro atoms. The summed E-state index contributed by atoms with van der Waals surface area (Å²) in [5.74, 6) is -4.04. The molecule has 3 aliphatic rings. The van der Waals surface area contributed by atoms with Gasteiger partial charge in [-0.2, -0.15) is 0 Å². The van der Waals surface area contributed by atoms with Crippen molar-refractivity contribution in [2.24, 2.45) is 17.3 Å². The Morgan fingerprint density at radius 3 is 2.34 bits per heavy atom. The molecule has 8 heteroatoms. The highest BCUT2D eigenvalue weighted by Crippen LogP contribution is 2.45. The molecule has 2 heterocycles. The fraction of sp³-hybridized carbons (Fsp3) is 0.619. The number of benzene rings is 1. The number of nitrogens with zero attached hydrogens (tertiary/aromatic N) is 1. The van der Waals surface area contributed by atoms with Gasteiger partial charge in [-0.15, -0.1) is 12.4 Å². The molecule has 2 saturated heterocycles. The number of Topliss-reactive ketones (excluding diaryl/α,β-unsaturated/α-hetero) is 1. The average molecular weight is 431 g/mol. The Morgan fingerprint density at radius 1 is 1.03 bits per heavy atom. The first-order chi connectivity index (χ1) is 13.4. The van der Waals surface area contributed by atoms with E-state index in [0.29, 0.717) is 50.5 Å². The number of hydrogen-bond acceptors (Lipinski definition) is 3. The van der Waals surface area contributed by atoms with Gasteiger partial charge < -0.3 is 10.2 Å². The Labute approximate surface area is 174 Å². The number of carbonyl (C=O) groups is 2. The van der Waals surface area contributed by atoms with Crippen molar-refractivity contribution < 1.29 is 22.8 Å². The van der Waals surface area contributed by atoms with E-state index in [4.69, 9.17) is 0 Å². The molecule has 1 N–H and O–H groups in total. The summed E-state index contributed by atoms with van der Waals surface area (Å²) in [6, 6.07) is 1.06. The Kier molecular flexibility index (Phi) is 6.58. The van der Waals surface area contributed by atoms with Crippen LogP contribution in [0.25, 0.3) is 0 Å². The summed E-state index contributed by atoms with van der Waals surface area (Å²) in [5.41, 5.74) is -0.998. The van der Waals surface area contributed by atoms with Gasteiger partial charge in [0, 0.05) is 37.7 Å². The second kappa shape index (κ2) is 8.64. The third kappa shape index (κ3) is 3.91. The third-order valence-electron chi connectivity index (χ3n) is 6.87. The van der Waals surface area contributed by atoms with Crippen molar-refractivity contribution in [3.8, 4) is 0 Å². The lowest BCUT2D eigenvalue weighted by Crippen LogP contribution is -2.52. The van der Waals surface area contributed by atoms with E-state index in [1.54, 1.807) is 0 Å². The number of nitrogens with one attached hydrogen (secondary N) is 1. The van der Waals surface area contributed by atoms with Crippen molar-refractivity contribution in [2.45, 2.75) is 38.5 Å². The standard InChI is InChI=1S/C21H25F3N2O2.ClH/c22-15-9-16(23)18(17(24)10-15)19(27)13-4-7-26(8-5-13)20(28)21-6-2-1-3-14(21)11-25-12-21;/h9-10,13-14,25H,1-8,11-12H2;1H/t14-,21+;/m0./s1. The quantitative estimate of drug-likeness (QED) is 0.743. The normalized spacial score (nSPS) is 27.3. The number of halogens is 4. The van der Waals surface area contributed by atoms with Gasteiger partial charge in [-0.05, 0) is 38.1 Å². The van der Waals surface area contributed by atoms with Crippen LogP contribution in [0.5, 0.6) is 0 Å². The fourth-order valence-electron chi connectivity index (χ4n) is 5.31. The molecule has 0 bridgehead atoms. The van der Waals surface area contributed by atoms with Crippen LogP contribution >= 0.6 is 12.4 Å². The number of ketones is 1. The van der Waals surface area contributed by atoms with Gasteiger partial charge in [-0.1, -0.05) is 12.8 Å². The van der Waals surface area contributed by atoms with Crippen LogP contribution in [0.2, 0.25) is 0 Å². The molecule has 1 aromatic rings. The highest BCUT2D eigenvalue weighted by Gasteiger charge is 2.51. The molecule has 1 amide bonds. The summed E-state index contributed by atoms with van der Waals surface area (Å²) in [5, 5.41) is 3.38. The predicted octanol–water partition coefficient (Wildman–Crippen LogP) is 3.73. The van der Waals surface area contributed by atoms with E-state index < -0.39 is 34.7 Å². The monoisotopic (exact) mass is 430 g/mol. The maximum atomic E-state index is 13.9. The first kappa shape index (κ1) is 22.1. The van der Waals surface area contributed by atoms with Gasteiger partial charge >= 0.3 is 0 Å². The van der Waals surface area contributed by atoms with E-state index in [9.17, 15) is 22.8 Å². The van der Waals surface area contributed by atoms with E-state index in [1.807, 2.05) is 4.90 Å². The van der Waals surface area contributed by atoms with Crippen molar-refractivity contribution in [1.29, 1.82) is 0 Å². The van der Waals surface area contributed by atoms with E-state index in [1.165, 1.54) is 0 Å². The zero-order valence-electron chi connectivity index (χ0n) is 16.2. The molecule has 1 aliphatic carbocycles. The molecule has 1 saturated carbocycles. The molecule has 29 heavy (non-hydrogen) atoms. The van der Waals surface area contributed by atoms with Gasteiger partial charge in [-0.3, -0.25) is 9.59 Å². The van der Waals surface area contributed by atoms with Crippen molar-refractivity contribution in [1.82, 2.24) is 10.2 Å². The van der Waals surface area contributed by atoms with E-state index in [2.05, 4.69) is 5.32 Å². The molecule has 0 aromatic heterocycles. The lowest BCUT2D eigenvalue weighted by Gasteiger charge is -2.42. The molecule has 0 radical (unpaired) electrons. The Balaban J connectivity index is 0.00000240. The predicted molar refractivity (Wildman–Crippen MR) is 104 cm³/mol. The van der Waals surface area contributed by atoms with Crippen LogP contribution in [0.4, 0.5) is 13.2 Å². The second-order valence-electron chi connectivity index (χ2n) is 8.40. The molecule has 160 valence electrons. The van der Waals surface area contributed by atoms with Crippen LogP contribution in [-0.2, 0) is 4.79 Å². The largest absolute Gasteiger partial charge is 0.342 e. The van der Waals surface area contributed by atoms with Crippen LogP contribution in [0.1, 0.15) is 48.9 Å². The summed E-state index contributed by atoms with van der Waals surface area (Å²) in [6.07, 6.45) is 4.92. The minimum atomic E-state index is -1.16. The second-order valence-corrected chi connectivity index (χ2v) is 8.40. The SMILES string of the molecule is Cl.O=C(c1c(F)cc(F)cc1F)C1CCN(C(=O)[C@@]23CCCC[C@H]2CNC3)CC1. The number of amides is 1. The first-order valence-electron chi connectivity index (χ1n) is 10.1. The van der Waals surface area contributed by atoms with E-state index in [-0.39, 0.29) is 23.7 Å². The van der Waals surface area contributed by atoms with E-state index >= 15 is 0 Å². The Hall–Kier alpha value is -1.60. The number of hydrogen-bond donors (Lipinski definition) is 1. The van der Waals surface area contributed by atoms with Gasteiger partial charge in [0.25, 0.3) is 0 Å². The molecule has 4 nitrogen and oxygen atoms in total. The topological polar surface area (TPSA) is 49.4 Å². The molecule has 4 rings (SSSR count). The maximum absolute atomic E-state index is 13.9. The zero-order valence-corrected chi connectivity index (χ0v) is 17.0. The van der Waals surface area contributed by atoms with Crippen LogP contribution in [0.15, 0.2) is 12.1 Å². The molecular weight excluding hydrogens is 405 g/mol. The summed E-state index contributed by atoms with van der Waals surface area (Å²) in [6.45, 7) is 2.41. The van der Waals surface area contributed by atoms with Crippen LogP contribution in [0.3, 0.4) is 0 Å². The average Bonchev–Trinajstić information content (AvgIpc) is 3.12. The molecule has 3 fully saturated rings. The van der Waals surface area contributed by atoms with Crippen molar-refractivity contribution >= 4 is 24.1 Å². The summed E-state index contributed by atoms with van der Waals surface area (Å²) in [4.78, 5) is 27.7. The van der Waals surface area contributed by atoms with Crippen LogP contribution < -0.4 is 5.32 Å². The van der Waals surface area contributed by atoms with Crippen molar-refractivity contribution in [2.75, 3.05) is 26.2 Å². The maximum Gasteiger partial charge on any atom is 0.230 e. The minimum absolute atomic E-state index is 0. The lowest BCUT2D eigenvalue weighted by molar-refractivity contribution is -0.146. The first-order valence-corrected chi connectivity index (χ1v) is 10.1. The molecule has 0 unspecified atom stereocenters. The van der Waals surface area contributed by atoms with Crippen molar-refractivity contribution in [3.63, 3.8) is 0 Å².